The van der Waals surface area contributed by atoms with Crippen molar-refractivity contribution in [1.82, 2.24) is 4.90 Å². The Bertz CT molecular complexity index is 709. The molecule has 168 valence electrons. The molecule has 4 saturated carbocycles. The minimum atomic E-state index is -0.353. The fraction of sp³-hybridized carbons (Fsp3) is 0.962. The summed E-state index contributed by atoms with van der Waals surface area (Å²) in [6.07, 6.45) is 17.4. The van der Waals surface area contributed by atoms with Gasteiger partial charge in [-0.1, -0.05) is 39.5 Å². The zero-order chi connectivity index (χ0) is 20.7. The first kappa shape index (κ1) is 20.5. The summed E-state index contributed by atoms with van der Waals surface area (Å²) in [5, 5.41) is 0.322. The van der Waals surface area contributed by atoms with Gasteiger partial charge in [-0.2, -0.15) is 0 Å². The number of alkyl halides is 1. The lowest BCUT2D eigenvalue weighted by molar-refractivity contribution is -0.223. The third-order valence-corrected chi connectivity index (χ3v) is 11.3. The fourth-order valence-electron chi connectivity index (χ4n) is 9.35. The van der Waals surface area contributed by atoms with Crippen LogP contribution in [0.1, 0.15) is 84.5 Å². The predicted octanol–water partition coefficient (Wildman–Crippen LogP) is 5.90. The Kier molecular flexibility index (Phi) is 4.91. The van der Waals surface area contributed by atoms with Crippen LogP contribution in [-0.4, -0.2) is 47.5 Å². The Morgan fingerprint density at radius 1 is 0.900 bits per heavy atom. The van der Waals surface area contributed by atoms with Crippen molar-refractivity contribution in [2.45, 2.75) is 114 Å². The maximum Gasteiger partial charge on any atom is 0.163 e. The molecule has 3 nitrogen and oxygen atoms in total. The van der Waals surface area contributed by atoms with E-state index < -0.39 is 0 Å². The molecule has 10 unspecified atom stereocenters. The van der Waals surface area contributed by atoms with E-state index in [1.54, 1.807) is 0 Å². The first-order valence-corrected chi connectivity index (χ1v) is 13.5. The summed E-state index contributed by atoms with van der Waals surface area (Å²) in [7, 11) is 2.32. The Labute approximate surface area is 188 Å². The SMILES string of the molecule is CN1C2CCC(Cl)CC2C(C)(C)C12C=NC1C3CCCCC3C3CCCCC3C1O2. The average molecular weight is 433 g/mol. The van der Waals surface area contributed by atoms with Crippen LogP contribution in [0.4, 0.5) is 0 Å². The summed E-state index contributed by atoms with van der Waals surface area (Å²) >= 11 is 6.67. The smallest absolute Gasteiger partial charge is 0.163 e. The molecule has 0 N–H and O–H groups in total. The second-order valence-electron chi connectivity index (χ2n) is 12.2. The minimum absolute atomic E-state index is 0.0437. The van der Waals surface area contributed by atoms with Gasteiger partial charge in [0.1, 0.15) is 0 Å². The molecule has 6 aliphatic rings. The van der Waals surface area contributed by atoms with Crippen molar-refractivity contribution in [2.75, 3.05) is 7.05 Å². The Balaban J connectivity index is 1.39. The normalized spacial score (nSPS) is 54.9. The maximum absolute atomic E-state index is 7.45. The van der Waals surface area contributed by atoms with Crippen molar-refractivity contribution < 1.29 is 4.74 Å². The highest BCUT2D eigenvalue weighted by atomic mass is 35.5. The topological polar surface area (TPSA) is 24.8 Å². The number of halogens is 1. The van der Waals surface area contributed by atoms with Crippen molar-refractivity contribution >= 4 is 17.8 Å². The van der Waals surface area contributed by atoms with Crippen molar-refractivity contribution in [3.8, 4) is 0 Å². The minimum Gasteiger partial charge on any atom is -0.349 e. The van der Waals surface area contributed by atoms with Gasteiger partial charge in [-0.25, -0.2) is 0 Å². The Hall–Kier alpha value is -0.120. The molecule has 1 spiro atoms. The molecule has 4 heteroatoms. The number of rotatable bonds is 0. The summed E-state index contributed by atoms with van der Waals surface area (Å²) in [5.74, 6) is 3.88. The van der Waals surface area contributed by atoms with E-state index in [-0.39, 0.29) is 11.1 Å². The van der Waals surface area contributed by atoms with Crippen LogP contribution in [0.5, 0.6) is 0 Å². The van der Waals surface area contributed by atoms with Gasteiger partial charge >= 0.3 is 0 Å². The van der Waals surface area contributed by atoms with Crippen LogP contribution in [0.2, 0.25) is 0 Å². The van der Waals surface area contributed by atoms with E-state index in [2.05, 4.69) is 32.0 Å². The van der Waals surface area contributed by atoms with E-state index >= 15 is 0 Å². The van der Waals surface area contributed by atoms with Crippen LogP contribution in [0.25, 0.3) is 0 Å². The monoisotopic (exact) mass is 432 g/mol. The molecule has 6 rings (SSSR count). The molecule has 0 radical (unpaired) electrons. The van der Waals surface area contributed by atoms with Crippen molar-refractivity contribution in [2.24, 2.45) is 40.0 Å². The summed E-state index contributed by atoms with van der Waals surface area (Å²) in [6, 6.07) is 0.985. The lowest BCUT2D eigenvalue weighted by atomic mass is 9.54. The summed E-state index contributed by atoms with van der Waals surface area (Å²) in [5.41, 5.74) is -0.310. The molecule has 2 aliphatic heterocycles. The first-order valence-electron chi connectivity index (χ1n) is 13.0. The molecule has 0 amide bonds. The number of aliphatic imine (C=N–C) groups is 1. The number of nitrogens with zero attached hydrogens (tertiary/aromatic N) is 2. The third kappa shape index (κ3) is 2.67. The predicted molar refractivity (Wildman–Crippen MR) is 123 cm³/mol. The second kappa shape index (κ2) is 7.19. The number of hydrogen-bond acceptors (Lipinski definition) is 3. The first-order chi connectivity index (χ1) is 14.4. The van der Waals surface area contributed by atoms with Gasteiger partial charge in [-0.05, 0) is 81.6 Å². The molecule has 0 bridgehead atoms. The lowest BCUT2D eigenvalue weighted by Gasteiger charge is -2.59. The van der Waals surface area contributed by atoms with E-state index in [0.717, 1.165) is 36.5 Å². The Morgan fingerprint density at radius 3 is 2.27 bits per heavy atom. The van der Waals surface area contributed by atoms with Gasteiger partial charge in [0.2, 0.25) is 0 Å². The zero-order valence-electron chi connectivity index (χ0n) is 19.2. The van der Waals surface area contributed by atoms with Crippen molar-refractivity contribution in [1.29, 1.82) is 0 Å². The van der Waals surface area contributed by atoms with E-state index in [1.807, 2.05) is 0 Å². The third-order valence-electron chi connectivity index (χ3n) is 10.9. The standard InChI is InChI=1S/C26H41ClN2O/c1-25(2)21-14-16(27)12-13-22(21)29(3)26(25)15-28-23-19-10-6-4-8-17(19)18-9-5-7-11-20(18)24(23)30-26/h15-24H,4-14H2,1-3H3. The van der Waals surface area contributed by atoms with Gasteiger partial charge < -0.3 is 4.74 Å². The number of likely N-dealkylation sites (tertiary alicyclic amines) is 1. The second-order valence-corrected chi connectivity index (χ2v) is 12.8. The van der Waals surface area contributed by atoms with Gasteiger partial charge in [0.15, 0.2) is 5.72 Å². The van der Waals surface area contributed by atoms with Gasteiger partial charge in [-0.3, -0.25) is 9.89 Å². The number of ether oxygens (including phenoxy) is 1. The lowest BCUT2D eigenvalue weighted by Crippen LogP contribution is -2.66. The molecule has 5 fully saturated rings. The highest BCUT2D eigenvalue weighted by molar-refractivity contribution is 6.20. The largest absolute Gasteiger partial charge is 0.349 e. The zero-order valence-corrected chi connectivity index (χ0v) is 20.0. The van der Waals surface area contributed by atoms with E-state index in [9.17, 15) is 0 Å². The van der Waals surface area contributed by atoms with E-state index in [0.29, 0.717) is 29.5 Å². The molecule has 4 aliphatic carbocycles. The number of hydrogen-bond donors (Lipinski definition) is 0. The van der Waals surface area contributed by atoms with Crippen LogP contribution >= 0.6 is 11.6 Å². The fourth-order valence-corrected chi connectivity index (χ4v) is 9.67. The van der Waals surface area contributed by atoms with Gasteiger partial charge in [0, 0.05) is 23.0 Å². The molecule has 2 heterocycles. The number of fused-ring (bicyclic) bond motifs is 7. The van der Waals surface area contributed by atoms with Gasteiger partial charge in [-0.15, -0.1) is 11.6 Å². The van der Waals surface area contributed by atoms with Gasteiger partial charge in [0.25, 0.3) is 0 Å². The van der Waals surface area contributed by atoms with Crippen molar-refractivity contribution in [3.63, 3.8) is 0 Å². The molecule has 0 aromatic carbocycles. The van der Waals surface area contributed by atoms with Crippen molar-refractivity contribution in [3.05, 3.63) is 0 Å². The van der Waals surface area contributed by atoms with Gasteiger partial charge in [0.05, 0.1) is 12.1 Å². The highest BCUT2D eigenvalue weighted by Gasteiger charge is 2.67. The summed E-state index contributed by atoms with van der Waals surface area (Å²) < 4.78 is 7.45. The summed E-state index contributed by atoms with van der Waals surface area (Å²) in [6.45, 7) is 4.89. The molecule has 30 heavy (non-hydrogen) atoms. The Morgan fingerprint density at radius 2 is 1.53 bits per heavy atom. The molecular formula is C26H41ClN2O. The van der Waals surface area contributed by atoms with Crippen LogP contribution in [0, 0.1) is 35.0 Å². The molecule has 0 aromatic heterocycles. The quantitative estimate of drug-likeness (QED) is 0.445. The molecule has 1 saturated heterocycles. The average Bonchev–Trinajstić information content (AvgIpc) is 2.92. The summed E-state index contributed by atoms with van der Waals surface area (Å²) in [4.78, 5) is 8.05. The molecule has 0 aromatic rings. The van der Waals surface area contributed by atoms with E-state index in [1.165, 1.54) is 57.8 Å². The van der Waals surface area contributed by atoms with Crippen LogP contribution in [-0.2, 0) is 4.74 Å². The highest BCUT2D eigenvalue weighted by Crippen LogP contribution is 2.61. The van der Waals surface area contributed by atoms with Crippen LogP contribution in [0.15, 0.2) is 4.99 Å². The van der Waals surface area contributed by atoms with E-state index in [4.69, 9.17) is 21.3 Å². The maximum atomic E-state index is 7.45. The van der Waals surface area contributed by atoms with Crippen LogP contribution < -0.4 is 0 Å². The van der Waals surface area contributed by atoms with Crippen LogP contribution in [0.3, 0.4) is 0 Å². The molecule has 10 atom stereocenters. The molecular weight excluding hydrogens is 392 g/mol.